The molecule has 0 N–H and O–H groups in total. The lowest BCUT2D eigenvalue weighted by Gasteiger charge is -2.13. The van der Waals surface area contributed by atoms with Crippen molar-refractivity contribution in [3.05, 3.63) is 71.8 Å². The summed E-state index contributed by atoms with van der Waals surface area (Å²) < 4.78 is 10.8. The van der Waals surface area contributed by atoms with Crippen LogP contribution in [-0.4, -0.2) is 11.9 Å². The first-order valence-corrected chi connectivity index (χ1v) is 9.28. The molecule has 146 valence electrons. The van der Waals surface area contributed by atoms with E-state index in [4.69, 9.17) is 9.47 Å². The first-order chi connectivity index (χ1) is 13.3. The lowest BCUT2D eigenvalue weighted by Crippen LogP contribution is -2.10. The fourth-order valence-corrected chi connectivity index (χ4v) is 2.64. The molecule has 0 aromatic heterocycles. The average molecular weight is 378 g/mol. The largest absolute Gasteiger partial charge is 0.423 e. The summed E-state index contributed by atoms with van der Waals surface area (Å²) in [5, 5.41) is 0. The van der Waals surface area contributed by atoms with Crippen molar-refractivity contribution < 1.29 is 19.1 Å². The van der Waals surface area contributed by atoms with E-state index in [1.165, 1.54) is 0 Å². The van der Waals surface area contributed by atoms with Crippen LogP contribution in [-0.2, 0) is 22.4 Å². The second kappa shape index (κ2) is 9.18. The highest BCUT2D eigenvalue weighted by atomic mass is 16.5. The number of hydrogen-bond acceptors (Lipinski definition) is 4. The minimum absolute atomic E-state index is 0.360. The van der Waals surface area contributed by atoms with Crippen LogP contribution >= 0.6 is 0 Å². The molecular formula is C24H26O4. The highest BCUT2D eigenvalue weighted by Gasteiger charge is 2.13. The Labute approximate surface area is 166 Å². The Kier molecular flexibility index (Phi) is 6.94. The third kappa shape index (κ3) is 4.97. The second-order valence-electron chi connectivity index (χ2n) is 6.69. The van der Waals surface area contributed by atoms with Gasteiger partial charge in [-0.1, -0.05) is 39.1 Å². The zero-order chi connectivity index (χ0) is 20.8. The first kappa shape index (κ1) is 21.2. The van der Waals surface area contributed by atoms with Gasteiger partial charge in [0.05, 0.1) is 0 Å². The number of carbonyl (C=O) groups is 2. The van der Waals surface area contributed by atoms with Crippen LogP contribution in [0, 0.1) is 0 Å². The molecule has 0 amide bonds. The lowest BCUT2D eigenvalue weighted by atomic mass is 9.98. The predicted molar refractivity (Wildman–Crippen MR) is 112 cm³/mol. The zero-order valence-electron chi connectivity index (χ0n) is 16.9. The van der Waals surface area contributed by atoms with Crippen molar-refractivity contribution in [1.29, 1.82) is 0 Å². The Morgan fingerprint density at radius 1 is 0.750 bits per heavy atom. The van der Waals surface area contributed by atoms with Crippen LogP contribution in [0.2, 0.25) is 0 Å². The Bertz CT molecular complexity index is 860. The third-order valence-electron chi connectivity index (χ3n) is 4.32. The fraction of sp³-hybridized carbons (Fsp3) is 0.250. The topological polar surface area (TPSA) is 52.6 Å². The van der Waals surface area contributed by atoms with Gasteiger partial charge in [0.25, 0.3) is 0 Å². The van der Waals surface area contributed by atoms with E-state index in [2.05, 4.69) is 13.2 Å². The van der Waals surface area contributed by atoms with E-state index in [1.807, 2.05) is 38.1 Å². The SMILES string of the molecule is C=C(C)C(=O)Oc1ccc(-c2ccc(OC(=O)C(=C)C)c(CC)c2)cc1CC. The summed E-state index contributed by atoms with van der Waals surface area (Å²) in [6, 6.07) is 11.4. The van der Waals surface area contributed by atoms with Gasteiger partial charge in [-0.3, -0.25) is 0 Å². The van der Waals surface area contributed by atoms with Gasteiger partial charge < -0.3 is 9.47 Å². The van der Waals surface area contributed by atoms with Crippen molar-refractivity contribution in [3.8, 4) is 22.6 Å². The van der Waals surface area contributed by atoms with E-state index >= 15 is 0 Å². The quantitative estimate of drug-likeness (QED) is 0.366. The maximum Gasteiger partial charge on any atom is 0.338 e. The molecule has 4 heteroatoms. The van der Waals surface area contributed by atoms with Gasteiger partial charge in [0.2, 0.25) is 0 Å². The van der Waals surface area contributed by atoms with Gasteiger partial charge in [0, 0.05) is 11.1 Å². The summed E-state index contributed by atoms with van der Waals surface area (Å²) in [4.78, 5) is 23.6. The minimum Gasteiger partial charge on any atom is -0.423 e. The second-order valence-corrected chi connectivity index (χ2v) is 6.69. The number of benzene rings is 2. The fourth-order valence-electron chi connectivity index (χ4n) is 2.64. The highest BCUT2D eigenvalue weighted by molar-refractivity contribution is 5.89. The van der Waals surface area contributed by atoms with Gasteiger partial charge in [0.1, 0.15) is 11.5 Å². The number of carbonyl (C=O) groups excluding carboxylic acids is 2. The summed E-state index contributed by atoms with van der Waals surface area (Å²) in [5.41, 5.74) is 4.59. The van der Waals surface area contributed by atoms with Crippen molar-refractivity contribution in [3.63, 3.8) is 0 Å². The van der Waals surface area contributed by atoms with Gasteiger partial charge >= 0.3 is 11.9 Å². The molecule has 2 aromatic rings. The molecule has 0 aliphatic carbocycles. The summed E-state index contributed by atoms with van der Waals surface area (Å²) in [6.45, 7) is 14.5. The molecule has 0 saturated heterocycles. The van der Waals surface area contributed by atoms with Crippen molar-refractivity contribution in [2.24, 2.45) is 0 Å². The van der Waals surface area contributed by atoms with Crippen LogP contribution in [0.25, 0.3) is 11.1 Å². The maximum atomic E-state index is 11.8. The van der Waals surface area contributed by atoms with Gasteiger partial charge in [-0.15, -0.1) is 0 Å². The molecule has 0 heterocycles. The zero-order valence-corrected chi connectivity index (χ0v) is 16.9. The molecule has 0 aliphatic rings. The number of esters is 2. The molecule has 0 bridgehead atoms. The normalized spacial score (nSPS) is 10.3. The van der Waals surface area contributed by atoms with Crippen LogP contribution in [0.1, 0.15) is 38.8 Å². The molecule has 0 unspecified atom stereocenters. The average Bonchev–Trinajstić information content (AvgIpc) is 2.68. The highest BCUT2D eigenvalue weighted by Crippen LogP contribution is 2.31. The molecule has 2 rings (SSSR count). The van der Waals surface area contributed by atoms with Crippen molar-refractivity contribution in [2.45, 2.75) is 40.5 Å². The van der Waals surface area contributed by atoms with E-state index in [0.717, 1.165) is 35.1 Å². The van der Waals surface area contributed by atoms with Gasteiger partial charge in [-0.2, -0.15) is 0 Å². The molecule has 0 fully saturated rings. The Hall–Kier alpha value is -3.14. The number of aryl methyl sites for hydroxylation is 2. The lowest BCUT2D eigenvalue weighted by molar-refractivity contribution is -0.131. The molecule has 0 saturated carbocycles. The number of rotatable bonds is 7. The minimum atomic E-state index is -0.431. The summed E-state index contributed by atoms with van der Waals surface area (Å²) in [7, 11) is 0. The number of hydrogen-bond donors (Lipinski definition) is 0. The Morgan fingerprint density at radius 2 is 1.11 bits per heavy atom. The first-order valence-electron chi connectivity index (χ1n) is 9.28. The van der Waals surface area contributed by atoms with Crippen LogP contribution in [0.3, 0.4) is 0 Å². The standard InChI is InChI=1S/C24H26O4/c1-7-17-13-19(9-11-21(17)27-23(25)15(3)4)20-10-12-22(18(8-2)14-20)28-24(26)16(5)6/h9-14H,3,5,7-8H2,1-2,4,6H3. The van der Waals surface area contributed by atoms with Crippen molar-refractivity contribution in [1.82, 2.24) is 0 Å². The summed E-state index contributed by atoms with van der Waals surface area (Å²) in [6.07, 6.45) is 1.45. The predicted octanol–water partition coefficient (Wildman–Crippen LogP) is 5.44. The molecule has 0 spiro atoms. The molecule has 28 heavy (non-hydrogen) atoms. The van der Waals surface area contributed by atoms with Crippen LogP contribution in [0.4, 0.5) is 0 Å². The summed E-state index contributed by atoms with van der Waals surface area (Å²) >= 11 is 0. The Balaban J connectivity index is 2.36. The van der Waals surface area contributed by atoms with Gasteiger partial charge in [-0.05, 0) is 73.2 Å². The van der Waals surface area contributed by atoms with E-state index in [1.54, 1.807) is 26.0 Å². The smallest absolute Gasteiger partial charge is 0.338 e. The van der Waals surface area contributed by atoms with Crippen molar-refractivity contribution in [2.75, 3.05) is 0 Å². The van der Waals surface area contributed by atoms with E-state index < -0.39 is 11.9 Å². The Morgan fingerprint density at radius 3 is 1.39 bits per heavy atom. The van der Waals surface area contributed by atoms with E-state index in [9.17, 15) is 9.59 Å². The van der Waals surface area contributed by atoms with Crippen LogP contribution in [0.15, 0.2) is 60.7 Å². The van der Waals surface area contributed by atoms with Crippen LogP contribution in [0.5, 0.6) is 11.5 Å². The van der Waals surface area contributed by atoms with Crippen molar-refractivity contribution >= 4 is 11.9 Å². The van der Waals surface area contributed by atoms with Crippen LogP contribution < -0.4 is 9.47 Å². The molecule has 0 aliphatic heterocycles. The van der Waals surface area contributed by atoms with E-state index in [-0.39, 0.29) is 0 Å². The van der Waals surface area contributed by atoms with Gasteiger partial charge in [0.15, 0.2) is 0 Å². The third-order valence-corrected chi connectivity index (χ3v) is 4.32. The monoisotopic (exact) mass is 378 g/mol. The maximum absolute atomic E-state index is 11.8. The van der Waals surface area contributed by atoms with Gasteiger partial charge in [-0.25, -0.2) is 9.59 Å². The molecule has 0 radical (unpaired) electrons. The molecule has 4 nitrogen and oxygen atoms in total. The summed E-state index contributed by atoms with van der Waals surface area (Å²) in [5.74, 6) is 0.225. The molecular weight excluding hydrogens is 352 g/mol. The molecule has 2 aromatic carbocycles. The number of ether oxygens (including phenoxy) is 2. The molecule has 0 atom stereocenters. The van der Waals surface area contributed by atoms with E-state index in [0.29, 0.717) is 22.6 Å².